The molecule has 0 aliphatic heterocycles. The van der Waals surface area contributed by atoms with Crippen LogP contribution >= 0.6 is 0 Å². The van der Waals surface area contributed by atoms with E-state index in [9.17, 15) is 0 Å². The minimum Gasteiger partial charge on any atom is -0.344 e. The third-order valence-corrected chi connectivity index (χ3v) is 5.96. The average molecular weight is 406 g/mol. The normalized spacial score (nSPS) is 12.0. The van der Waals surface area contributed by atoms with Crippen LogP contribution in [0.15, 0.2) is 55.1 Å². The van der Waals surface area contributed by atoms with Gasteiger partial charge in [-0.25, -0.2) is 15.0 Å². The largest absolute Gasteiger partial charge is 0.344 e. The summed E-state index contributed by atoms with van der Waals surface area (Å²) < 4.78 is 0. The van der Waals surface area contributed by atoms with Crippen LogP contribution in [0.2, 0.25) is 0 Å². The number of hydrogen-bond donors (Lipinski definition) is 3. The fourth-order valence-electron chi connectivity index (χ4n) is 4.34. The molecule has 3 N–H and O–H groups in total. The Labute approximate surface area is 178 Å². The zero-order valence-electron chi connectivity index (χ0n) is 17.6. The Balaban J connectivity index is 1.60. The van der Waals surface area contributed by atoms with Crippen LogP contribution in [-0.2, 0) is 0 Å². The summed E-state index contributed by atoms with van der Waals surface area (Å²) in [7, 11) is 0. The van der Waals surface area contributed by atoms with Crippen molar-refractivity contribution in [3.63, 3.8) is 0 Å². The number of H-pyrrole nitrogens is 3. The summed E-state index contributed by atoms with van der Waals surface area (Å²) in [6, 6.07) is 13.1. The summed E-state index contributed by atoms with van der Waals surface area (Å²) in [5.41, 5.74) is 6.29. The van der Waals surface area contributed by atoms with Crippen LogP contribution in [-0.4, -0.2) is 29.9 Å². The summed E-state index contributed by atoms with van der Waals surface area (Å²) in [4.78, 5) is 23.7. The summed E-state index contributed by atoms with van der Waals surface area (Å²) in [5.74, 6) is 2.27. The molecule has 0 unspecified atom stereocenters. The number of rotatable bonds is 3. The van der Waals surface area contributed by atoms with E-state index in [0.717, 1.165) is 56.0 Å². The third-order valence-electron chi connectivity index (χ3n) is 5.96. The Bertz CT molecular complexity index is 1580. The summed E-state index contributed by atoms with van der Waals surface area (Å²) >= 11 is 0. The van der Waals surface area contributed by atoms with E-state index in [4.69, 9.17) is 0 Å². The maximum absolute atomic E-state index is 4.67. The minimum absolute atomic E-state index is 0.365. The second-order valence-corrected chi connectivity index (χ2v) is 8.37. The molecule has 0 radical (unpaired) electrons. The molecule has 31 heavy (non-hydrogen) atoms. The van der Waals surface area contributed by atoms with Crippen LogP contribution < -0.4 is 0 Å². The van der Waals surface area contributed by atoms with Gasteiger partial charge in [0.15, 0.2) is 0 Å². The zero-order valence-corrected chi connectivity index (χ0v) is 17.6. The number of hydrogen-bond acceptors (Lipinski definition) is 3. The molecule has 0 bridgehead atoms. The first-order valence-electron chi connectivity index (χ1n) is 10.5. The van der Waals surface area contributed by atoms with E-state index in [1.807, 2.05) is 19.3 Å². The van der Waals surface area contributed by atoms with Gasteiger partial charge in [0.2, 0.25) is 0 Å². The van der Waals surface area contributed by atoms with E-state index < -0.39 is 0 Å². The predicted molar refractivity (Wildman–Crippen MR) is 125 cm³/mol. The van der Waals surface area contributed by atoms with Gasteiger partial charge in [0.05, 0.1) is 41.1 Å². The van der Waals surface area contributed by atoms with E-state index in [1.54, 1.807) is 6.33 Å². The molecule has 3 aromatic heterocycles. The van der Waals surface area contributed by atoms with Gasteiger partial charge in [-0.2, -0.15) is 0 Å². The van der Waals surface area contributed by atoms with Gasteiger partial charge in [-0.15, -0.1) is 0 Å². The monoisotopic (exact) mass is 406 g/mol. The molecular weight excluding hydrogens is 384 g/mol. The Morgan fingerprint density at radius 3 is 2.10 bits per heavy atom. The summed E-state index contributed by atoms with van der Waals surface area (Å²) in [6.07, 6.45) is 5.57. The van der Waals surface area contributed by atoms with Gasteiger partial charge in [0, 0.05) is 27.8 Å². The Morgan fingerprint density at radius 1 is 0.742 bits per heavy atom. The highest BCUT2D eigenvalue weighted by molar-refractivity contribution is 6.24. The number of aromatic nitrogens is 6. The van der Waals surface area contributed by atoms with Crippen LogP contribution in [0.3, 0.4) is 0 Å². The van der Waals surface area contributed by atoms with Gasteiger partial charge in [0.1, 0.15) is 11.6 Å². The number of fused-ring (bicyclic) bond motifs is 6. The fraction of sp³-hybridized carbons (Fsp3) is 0.160. The molecule has 3 aromatic carbocycles. The Morgan fingerprint density at radius 2 is 1.42 bits per heavy atom. The smallest absolute Gasteiger partial charge is 0.109 e. The first kappa shape index (κ1) is 17.9. The molecule has 3 heterocycles. The highest BCUT2D eigenvalue weighted by Crippen LogP contribution is 2.37. The molecule has 0 spiro atoms. The van der Waals surface area contributed by atoms with E-state index in [0.29, 0.717) is 5.92 Å². The van der Waals surface area contributed by atoms with Crippen molar-refractivity contribution in [2.75, 3.05) is 0 Å². The molecule has 0 fully saturated rings. The topological polar surface area (TPSA) is 86.0 Å². The number of nitrogens with one attached hydrogen (secondary N) is 3. The number of nitrogens with zero attached hydrogens (tertiary/aromatic N) is 3. The summed E-state index contributed by atoms with van der Waals surface area (Å²) in [6.45, 7) is 6.25. The second-order valence-electron chi connectivity index (χ2n) is 8.37. The van der Waals surface area contributed by atoms with Gasteiger partial charge in [-0.05, 0) is 29.8 Å². The van der Waals surface area contributed by atoms with Gasteiger partial charge in [-0.3, -0.25) is 0 Å². The number of aromatic amines is 3. The quantitative estimate of drug-likeness (QED) is 0.311. The molecule has 0 amide bonds. The standard InChI is InChI=1S/C25H22N6/c1-13(2)25-27-11-22(31-25)16-5-7-18-17-6-4-15(21-10-26-14(3)30-21)8-19(17)23-24(20(18)9-16)29-12-28-23/h4-13H,1-3H3,(H,26,30)(H,27,31)(H,28,29). The van der Waals surface area contributed by atoms with Crippen LogP contribution in [0.4, 0.5) is 0 Å². The molecule has 0 saturated carbocycles. The van der Waals surface area contributed by atoms with E-state index in [2.05, 4.69) is 80.1 Å². The van der Waals surface area contributed by atoms with Crippen LogP contribution in [0, 0.1) is 6.92 Å². The van der Waals surface area contributed by atoms with Gasteiger partial charge < -0.3 is 15.0 Å². The second kappa shape index (κ2) is 6.54. The molecule has 6 aromatic rings. The number of benzene rings is 3. The fourth-order valence-corrected chi connectivity index (χ4v) is 4.34. The maximum Gasteiger partial charge on any atom is 0.109 e. The van der Waals surface area contributed by atoms with E-state index in [1.165, 1.54) is 10.8 Å². The van der Waals surface area contributed by atoms with E-state index >= 15 is 0 Å². The molecule has 0 aliphatic rings. The lowest BCUT2D eigenvalue weighted by Gasteiger charge is -2.10. The molecule has 0 atom stereocenters. The van der Waals surface area contributed by atoms with Crippen molar-refractivity contribution in [2.45, 2.75) is 26.7 Å². The number of aryl methyl sites for hydroxylation is 1. The van der Waals surface area contributed by atoms with Crippen LogP contribution in [0.25, 0.3) is 55.1 Å². The van der Waals surface area contributed by atoms with Crippen molar-refractivity contribution < 1.29 is 0 Å². The Hall–Kier alpha value is -3.93. The molecule has 6 heteroatoms. The molecule has 152 valence electrons. The van der Waals surface area contributed by atoms with E-state index in [-0.39, 0.29) is 0 Å². The molecule has 6 rings (SSSR count). The van der Waals surface area contributed by atoms with Crippen molar-refractivity contribution in [2.24, 2.45) is 0 Å². The average Bonchev–Trinajstić information content (AvgIpc) is 3.53. The molecule has 0 saturated heterocycles. The lowest BCUT2D eigenvalue weighted by molar-refractivity contribution is 0.795. The molecule has 6 nitrogen and oxygen atoms in total. The zero-order chi connectivity index (χ0) is 21.1. The van der Waals surface area contributed by atoms with Crippen molar-refractivity contribution in [3.8, 4) is 22.5 Å². The van der Waals surface area contributed by atoms with Crippen molar-refractivity contribution >= 4 is 32.6 Å². The lowest BCUT2D eigenvalue weighted by Crippen LogP contribution is -1.89. The van der Waals surface area contributed by atoms with Crippen molar-refractivity contribution in [1.82, 2.24) is 29.9 Å². The summed E-state index contributed by atoms with van der Waals surface area (Å²) in [5, 5.41) is 4.67. The molecular formula is C25H22N6. The lowest BCUT2D eigenvalue weighted by atomic mass is 9.96. The van der Waals surface area contributed by atoms with Gasteiger partial charge in [-0.1, -0.05) is 38.1 Å². The van der Waals surface area contributed by atoms with Crippen molar-refractivity contribution in [1.29, 1.82) is 0 Å². The van der Waals surface area contributed by atoms with Gasteiger partial charge >= 0.3 is 0 Å². The molecule has 0 aliphatic carbocycles. The minimum atomic E-state index is 0.365. The van der Waals surface area contributed by atoms with Crippen LogP contribution in [0.5, 0.6) is 0 Å². The highest BCUT2D eigenvalue weighted by Gasteiger charge is 2.14. The SMILES string of the molecule is Cc1ncc(-c2ccc3c4ccc(-c5cnc(C(C)C)[nH]5)cc4c4nc[nH]c4c3c2)[nH]1. The number of imidazole rings is 3. The van der Waals surface area contributed by atoms with Crippen LogP contribution in [0.1, 0.15) is 31.4 Å². The van der Waals surface area contributed by atoms with Crippen molar-refractivity contribution in [3.05, 3.63) is 66.8 Å². The third kappa shape index (κ3) is 2.75. The Kier molecular flexibility index (Phi) is 3.77. The van der Waals surface area contributed by atoms with Gasteiger partial charge in [0.25, 0.3) is 0 Å². The maximum atomic E-state index is 4.67. The highest BCUT2D eigenvalue weighted by atomic mass is 14.9. The first-order chi connectivity index (χ1) is 15.1. The predicted octanol–water partition coefficient (Wildman–Crippen LogP) is 6.08. The first-order valence-corrected chi connectivity index (χ1v) is 10.5.